The average molecular weight is 331 g/mol. The molecule has 1 aromatic rings. The molecule has 120 valence electrons. The molecule has 1 aromatic carbocycles. The summed E-state index contributed by atoms with van der Waals surface area (Å²) in [7, 11) is 3.95. The first-order valence-corrected chi connectivity index (χ1v) is 7.67. The Labute approximate surface area is 140 Å². The molecule has 0 aromatic heterocycles. The third-order valence-corrected chi connectivity index (χ3v) is 3.54. The van der Waals surface area contributed by atoms with Gasteiger partial charge in [0.2, 0.25) is 0 Å². The normalized spacial score (nSPS) is 9.86. The molecule has 0 spiro atoms. The van der Waals surface area contributed by atoms with E-state index in [1.807, 2.05) is 25.1 Å². The highest BCUT2D eigenvalue weighted by atomic mass is 35.5. The minimum Gasteiger partial charge on any atom is -0.494 e. The van der Waals surface area contributed by atoms with Gasteiger partial charge in [0.15, 0.2) is 0 Å². The maximum absolute atomic E-state index is 5.72. The van der Waals surface area contributed by atoms with Crippen molar-refractivity contribution in [3.63, 3.8) is 0 Å². The molecule has 0 aliphatic heterocycles. The van der Waals surface area contributed by atoms with E-state index in [2.05, 4.69) is 30.4 Å². The Bertz CT molecular complexity index is 413. The monoisotopic (exact) mass is 330 g/mol. The molecule has 0 atom stereocenters. The third-order valence-electron chi connectivity index (χ3n) is 3.03. The van der Waals surface area contributed by atoms with Gasteiger partial charge in [-0.25, -0.2) is 0 Å². The Morgan fingerprint density at radius 1 is 1.33 bits per heavy atom. The number of nitrogens with one attached hydrogen (secondary N) is 1. The molecule has 0 fully saturated rings. The first-order chi connectivity index (χ1) is 9.63. The lowest BCUT2D eigenvalue weighted by atomic mass is 10.1. The van der Waals surface area contributed by atoms with E-state index in [4.69, 9.17) is 17.0 Å². The molecule has 0 unspecified atom stereocenters. The van der Waals surface area contributed by atoms with E-state index in [0.29, 0.717) is 0 Å². The van der Waals surface area contributed by atoms with Gasteiger partial charge < -0.3 is 15.0 Å². The summed E-state index contributed by atoms with van der Waals surface area (Å²) in [6.07, 6.45) is 3.25. The number of benzene rings is 1. The lowest BCUT2D eigenvalue weighted by molar-refractivity contribution is 0.309. The zero-order valence-corrected chi connectivity index (χ0v) is 14.9. The highest BCUT2D eigenvalue weighted by Crippen LogP contribution is 2.14. The highest BCUT2D eigenvalue weighted by Gasteiger charge is 2.00. The van der Waals surface area contributed by atoms with Gasteiger partial charge in [-0.2, -0.15) is 0 Å². The molecule has 0 amide bonds. The zero-order valence-electron chi connectivity index (χ0n) is 13.2. The predicted octanol–water partition coefficient (Wildman–Crippen LogP) is 3.31. The lowest BCUT2D eigenvalue weighted by Crippen LogP contribution is -2.32. The van der Waals surface area contributed by atoms with Crippen molar-refractivity contribution >= 4 is 29.6 Å². The second-order valence-electron chi connectivity index (χ2n) is 5.06. The van der Waals surface area contributed by atoms with Crippen LogP contribution in [0, 0.1) is 0 Å². The zero-order chi connectivity index (χ0) is 14.8. The van der Waals surface area contributed by atoms with Crippen LogP contribution in [0.25, 0.3) is 0 Å². The fraction of sp³-hybridized carbons (Fsp3) is 0.562. The van der Waals surface area contributed by atoms with E-state index in [9.17, 15) is 0 Å². The number of ether oxygens (including phenoxy) is 1. The summed E-state index contributed by atoms with van der Waals surface area (Å²) in [6.45, 7) is 4.65. The van der Waals surface area contributed by atoms with E-state index in [-0.39, 0.29) is 12.4 Å². The summed E-state index contributed by atoms with van der Waals surface area (Å²) >= 11 is 5.23. The van der Waals surface area contributed by atoms with E-state index >= 15 is 0 Å². The minimum atomic E-state index is 0. The number of unbranched alkanes of at least 4 members (excludes halogenated alkanes) is 1. The molecule has 0 aliphatic rings. The number of halogens is 1. The van der Waals surface area contributed by atoms with Crippen LogP contribution in [0.1, 0.15) is 25.3 Å². The van der Waals surface area contributed by atoms with Crippen molar-refractivity contribution in [2.45, 2.75) is 26.2 Å². The summed E-state index contributed by atoms with van der Waals surface area (Å²) < 4.78 is 5.72. The van der Waals surface area contributed by atoms with Gasteiger partial charge in [-0.1, -0.05) is 37.7 Å². The average Bonchev–Trinajstić information content (AvgIpc) is 2.44. The number of nitrogens with zero attached hydrogens (tertiary/aromatic N) is 1. The standard InChI is InChI=1S/C16H26N2OS.ClH/c1-4-5-11-19-15-8-6-7-14(12-15)9-10-17-13-16(20)18(2)3;/h6-8,12,17H,4-5,9-11,13H2,1-3H3;1H. The number of hydrogen-bond acceptors (Lipinski definition) is 3. The second-order valence-corrected chi connectivity index (χ2v) is 5.54. The fourth-order valence-electron chi connectivity index (χ4n) is 1.71. The van der Waals surface area contributed by atoms with Gasteiger partial charge >= 0.3 is 0 Å². The summed E-state index contributed by atoms with van der Waals surface area (Å²) in [6, 6.07) is 8.34. The molecular weight excluding hydrogens is 304 g/mol. The van der Waals surface area contributed by atoms with Crippen LogP contribution in [0.3, 0.4) is 0 Å². The smallest absolute Gasteiger partial charge is 0.119 e. The van der Waals surface area contributed by atoms with Crippen LogP contribution in [0.2, 0.25) is 0 Å². The minimum absolute atomic E-state index is 0. The molecule has 3 nitrogen and oxygen atoms in total. The van der Waals surface area contributed by atoms with E-state index in [0.717, 1.165) is 49.7 Å². The Kier molecular flexibility index (Phi) is 11.3. The fourth-order valence-corrected chi connectivity index (χ4v) is 1.81. The molecule has 0 aliphatic carbocycles. The van der Waals surface area contributed by atoms with Crippen molar-refractivity contribution < 1.29 is 4.74 Å². The molecule has 1 rings (SSSR count). The van der Waals surface area contributed by atoms with Crippen molar-refractivity contribution in [3.8, 4) is 5.75 Å². The summed E-state index contributed by atoms with van der Waals surface area (Å²) in [5.41, 5.74) is 1.29. The van der Waals surface area contributed by atoms with Crippen LogP contribution in [-0.4, -0.2) is 43.7 Å². The summed E-state index contributed by atoms with van der Waals surface area (Å²) in [5, 5.41) is 3.36. The largest absolute Gasteiger partial charge is 0.494 e. The van der Waals surface area contributed by atoms with Crippen LogP contribution in [0.15, 0.2) is 24.3 Å². The summed E-state index contributed by atoms with van der Waals surface area (Å²) in [5.74, 6) is 0.972. The first kappa shape index (κ1) is 20.2. The number of rotatable bonds is 9. The first-order valence-electron chi connectivity index (χ1n) is 7.26. The lowest BCUT2D eigenvalue weighted by Gasteiger charge is -2.14. The van der Waals surface area contributed by atoms with Gasteiger partial charge in [0.05, 0.1) is 11.6 Å². The van der Waals surface area contributed by atoms with Crippen molar-refractivity contribution in [2.75, 3.05) is 33.8 Å². The van der Waals surface area contributed by atoms with Crippen LogP contribution in [0.4, 0.5) is 0 Å². The quantitative estimate of drug-likeness (QED) is 0.554. The second kappa shape index (κ2) is 11.8. The molecule has 0 bridgehead atoms. The van der Waals surface area contributed by atoms with Gasteiger partial charge in [0.1, 0.15) is 5.75 Å². The topological polar surface area (TPSA) is 24.5 Å². The van der Waals surface area contributed by atoms with Gasteiger partial charge in [0, 0.05) is 20.6 Å². The SMILES string of the molecule is CCCCOc1cccc(CCNCC(=S)N(C)C)c1.Cl. The number of likely N-dealkylation sites (N-methyl/N-ethyl adjacent to an activating group) is 1. The number of hydrogen-bond donors (Lipinski definition) is 1. The van der Waals surface area contributed by atoms with Gasteiger partial charge in [0.25, 0.3) is 0 Å². The van der Waals surface area contributed by atoms with Crippen molar-refractivity contribution in [2.24, 2.45) is 0 Å². The molecule has 21 heavy (non-hydrogen) atoms. The molecule has 0 heterocycles. The van der Waals surface area contributed by atoms with E-state index in [1.54, 1.807) is 0 Å². The Morgan fingerprint density at radius 3 is 2.76 bits per heavy atom. The molecule has 5 heteroatoms. The maximum atomic E-state index is 5.72. The van der Waals surface area contributed by atoms with Gasteiger partial charge in [-0.15, -0.1) is 12.4 Å². The molecule has 0 saturated carbocycles. The van der Waals surface area contributed by atoms with E-state index < -0.39 is 0 Å². The third kappa shape index (κ3) is 8.91. The number of thiocarbonyl (C=S) groups is 1. The Hall–Kier alpha value is -0.840. The predicted molar refractivity (Wildman–Crippen MR) is 97.0 cm³/mol. The Balaban J connectivity index is 0.00000400. The van der Waals surface area contributed by atoms with Crippen molar-refractivity contribution in [1.82, 2.24) is 10.2 Å². The maximum Gasteiger partial charge on any atom is 0.119 e. The van der Waals surface area contributed by atoms with Crippen LogP contribution < -0.4 is 10.1 Å². The van der Waals surface area contributed by atoms with Gasteiger partial charge in [-0.3, -0.25) is 0 Å². The van der Waals surface area contributed by atoms with Crippen LogP contribution >= 0.6 is 24.6 Å². The molecular formula is C16H27ClN2OS. The Morgan fingerprint density at radius 2 is 2.10 bits per heavy atom. The summed E-state index contributed by atoms with van der Waals surface area (Å²) in [4.78, 5) is 2.89. The van der Waals surface area contributed by atoms with Crippen molar-refractivity contribution in [3.05, 3.63) is 29.8 Å². The van der Waals surface area contributed by atoms with Crippen LogP contribution in [0.5, 0.6) is 5.75 Å². The van der Waals surface area contributed by atoms with Gasteiger partial charge in [-0.05, 0) is 37.1 Å². The van der Waals surface area contributed by atoms with Crippen molar-refractivity contribution in [1.29, 1.82) is 0 Å². The molecule has 1 N–H and O–H groups in total. The van der Waals surface area contributed by atoms with E-state index in [1.165, 1.54) is 5.56 Å². The van der Waals surface area contributed by atoms with Crippen LogP contribution in [-0.2, 0) is 6.42 Å². The highest BCUT2D eigenvalue weighted by molar-refractivity contribution is 7.80. The molecule has 0 radical (unpaired) electrons. The molecule has 0 saturated heterocycles.